The van der Waals surface area contributed by atoms with Crippen LogP contribution in [0.3, 0.4) is 0 Å². The summed E-state index contributed by atoms with van der Waals surface area (Å²) in [7, 11) is 0.166. The molecule has 2 aromatic carbocycles. The second kappa shape index (κ2) is 5.20. The first-order valence-corrected chi connectivity index (χ1v) is 8.07. The Bertz CT molecular complexity index is 906. The molecule has 0 bridgehead atoms. The van der Waals surface area contributed by atoms with Crippen LogP contribution in [0.25, 0.3) is 10.1 Å². The van der Waals surface area contributed by atoms with Crippen LogP contribution < -0.4 is 5.46 Å². The van der Waals surface area contributed by atoms with E-state index in [4.69, 9.17) is 9.39 Å². The van der Waals surface area contributed by atoms with E-state index in [1.165, 1.54) is 18.4 Å². The van der Waals surface area contributed by atoms with Gasteiger partial charge in [0, 0.05) is 10.3 Å². The highest BCUT2D eigenvalue weighted by molar-refractivity contribution is 7.17. The maximum Gasteiger partial charge on any atom is 0.492 e. The molecule has 3 aromatic rings. The van der Waals surface area contributed by atoms with Crippen LogP contribution in [0.5, 0.6) is 0 Å². The third-order valence-corrected chi connectivity index (χ3v) is 5.19. The summed E-state index contributed by atoms with van der Waals surface area (Å²) in [6.45, 7) is 0. The summed E-state index contributed by atoms with van der Waals surface area (Å²) in [5.41, 5.74) is 0.481. The van der Waals surface area contributed by atoms with Gasteiger partial charge in [0.25, 0.3) is 0 Å². The summed E-state index contributed by atoms with van der Waals surface area (Å²) in [6, 6.07) is 15.0. The molecular weight excluding hydrogens is 311 g/mol. The van der Waals surface area contributed by atoms with Crippen molar-refractivity contribution in [3.63, 3.8) is 0 Å². The highest BCUT2D eigenvalue weighted by atomic mass is 32.1. The normalized spacial score (nSPS) is 19.8. The zero-order valence-electron chi connectivity index (χ0n) is 12.4. The maximum absolute atomic E-state index is 12.7. The maximum atomic E-state index is 12.7. The number of esters is 1. The molecule has 0 saturated carbocycles. The highest BCUT2D eigenvalue weighted by Crippen LogP contribution is 2.43. The molecule has 4 nitrogen and oxygen atoms in total. The fourth-order valence-electron chi connectivity index (χ4n) is 3.20. The van der Waals surface area contributed by atoms with Crippen LogP contribution in [0, 0.1) is 0 Å². The molecule has 23 heavy (non-hydrogen) atoms. The van der Waals surface area contributed by atoms with E-state index >= 15 is 0 Å². The largest absolute Gasteiger partial charge is 0.492 e. The van der Waals surface area contributed by atoms with Gasteiger partial charge in [-0.15, -0.1) is 11.3 Å². The SMILES string of the molecule is COC(=O)C1(c2csc3ccccc23)OB(O)c2ccccc21. The van der Waals surface area contributed by atoms with Crippen molar-refractivity contribution >= 4 is 40.0 Å². The van der Waals surface area contributed by atoms with E-state index in [-0.39, 0.29) is 0 Å². The van der Waals surface area contributed by atoms with Crippen LogP contribution >= 0.6 is 11.3 Å². The van der Waals surface area contributed by atoms with Crippen molar-refractivity contribution in [2.75, 3.05) is 7.11 Å². The van der Waals surface area contributed by atoms with Crippen LogP contribution in [0.4, 0.5) is 0 Å². The Hall–Kier alpha value is -2.15. The van der Waals surface area contributed by atoms with Gasteiger partial charge >= 0.3 is 13.1 Å². The molecular formula is C17H13BO4S. The lowest BCUT2D eigenvalue weighted by Crippen LogP contribution is -2.39. The monoisotopic (exact) mass is 324 g/mol. The van der Waals surface area contributed by atoms with Gasteiger partial charge in [0.1, 0.15) is 0 Å². The quantitative estimate of drug-likeness (QED) is 0.579. The number of carbonyl (C=O) groups excluding carboxylic acids is 1. The minimum absolute atomic E-state index is 0.537. The van der Waals surface area contributed by atoms with Gasteiger partial charge in [0.15, 0.2) is 0 Å². The first kappa shape index (κ1) is 14.4. The summed E-state index contributed by atoms with van der Waals surface area (Å²) >= 11 is 1.53. The molecule has 2 heterocycles. The van der Waals surface area contributed by atoms with Crippen LogP contribution in [-0.4, -0.2) is 25.2 Å². The van der Waals surface area contributed by atoms with E-state index in [2.05, 4.69) is 0 Å². The Balaban J connectivity index is 2.06. The number of hydrogen-bond acceptors (Lipinski definition) is 5. The van der Waals surface area contributed by atoms with Gasteiger partial charge in [-0.25, -0.2) is 4.79 Å². The molecule has 1 N–H and O–H groups in total. The fourth-order valence-corrected chi connectivity index (χ4v) is 4.20. The second-order valence-electron chi connectivity index (χ2n) is 5.38. The smallest absolute Gasteiger partial charge is 0.466 e. The lowest BCUT2D eigenvalue weighted by Gasteiger charge is -2.27. The molecule has 1 aliphatic heterocycles. The minimum atomic E-state index is -1.44. The van der Waals surface area contributed by atoms with Crippen molar-refractivity contribution < 1.29 is 19.2 Å². The molecule has 0 amide bonds. The van der Waals surface area contributed by atoms with E-state index in [9.17, 15) is 9.82 Å². The molecule has 0 radical (unpaired) electrons. The van der Waals surface area contributed by atoms with Crippen LogP contribution in [0.2, 0.25) is 0 Å². The molecule has 114 valence electrons. The van der Waals surface area contributed by atoms with Crippen molar-refractivity contribution in [1.82, 2.24) is 0 Å². The average molecular weight is 324 g/mol. The summed E-state index contributed by atoms with van der Waals surface area (Å²) < 4.78 is 11.9. The Morgan fingerprint density at radius 3 is 2.74 bits per heavy atom. The van der Waals surface area contributed by atoms with Crippen molar-refractivity contribution in [3.8, 4) is 0 Å². The Morgan fingerprint density at radius 1 is 1.17 bits per heavy atom. The van der Waals surface area contributed by atoms with E-state index in [0.717, 1.165) is 10.1 Å². The number of fused-ring (bicyclic) bond motifs is 2. The summed E-state index contributed by atoms with van der Waals surface area (Å²) in [6.07, 6.45) is 0. The van der Waals surface area contributed by atoms with Crippen molar-refractivity contribution in [3.05, 3.63) is 65.0 Å². The zero-order valence-corrected chi connectivity index (χ0v) is 13.2. The zero-order chi connectivity index (χ0) is 16.0. The molecule has 0 saturated heterocycles. The molecule has 1 aromatic heterocycles. The van der Waals surface area contributed by atoms with Gasteiger partial charge in [-0.3, -0.25) is 0 Å². The van der Waals surface area contributed by atoms with Crippen molar-refractivity contribution in [1.29, 1.82) is 0 Å². The molecule has 0 fully saturated rings. The van der Waals surface area contributed by atoms with Gasteiger partial charge in [-0.1, -0.05) is 42.5 Å². The first-order valence-electron chi connectivity index (χ1n) is 7.19. The number of ether oxygens (including phenoxy) is 1. The van der Waals surface area contributed by atoms with Crippen LogP contribution in [-0.2, 0) is 19.8 Å². The molecule has 0 spiro atoms. The summed E-state index contributed by atoms with van der Waals surface area (Å²) in [5, 5.41) is 13.1. The molecule has 0 aliphatic carbocycles. The van der Waals surface area contributed by atoms with E-state index in [1.807, 2.05) is 41.8 Å². The Kier molecular flexibility index (Phi) is 3.26. The third-order valence-electron chi connectivity index (χ3n) is 4.23. The fraction of sp³-hybridized carbons (Fsp3) is 0.118. The van der Waals surface area contributed by atoms with Gasteiger partial charge in [0.05, 0.1) is 7.11 Å². The summed E-state index contributed by atoms with van der Waals surface area (Å²) in [5.74, 6) is -0.537. The van der Waals surface area contributed by atoms with E-state index in [0.29, 0.717) is 16.6 Å². The average Bonchev–Trinajstić information content (AvgIpc) is 3.15. The van der Waals surface area contributed by atoms with E-state index < -0.39 is 18.7 Å². The first-order chi connectivity index (χ1) is 11.2. The number of methoxy groups -OCH3 is 1. The predicted molar refractivity (Wildman–Crippen MR) is 89.8 cm³/mol. The molecule has 1 atom stereocenters. The number of rotatable bonds is 2. The van der Waals surface area contributed by atoms with Crippen LogP contribution in [0.1, 0.15) is 11.1 Å². The standard InChI is InChI=1S/C17H13BO4S/c1-21-16(19)17(12-7-3-4-8-14(12)18(20)22-17)13-10-23-15-9-5-2-6-11(13)15/h2-10,20H,1H3. The lowest BCUT2D eigenvalue weighted by molar-refractivity contribution is -0.156. The number of carbonyl (C=O) groups is 1. The molecule has 1 unspecified atom stereocenters. The number of benzene rings is 2. The Labute approximate surface area is 137 Å². The minimum Gasteiger partial charge on any atom is -0.466 e. The third kappa shape index (κ3) is 1.89. The van der Waals surface area contributed by atoms with E-state index in [1.54, 1.807) is 12.1 Å². The lowest BCUT2D eigenvalue weighted by atomic mass is 9.77. The van der Waals surface area contributed by atoms with Gasteiger partial charge in [0.2, 0.25) is 5.60 Å². The summed E-state index contributed by atoms with van der Waals surface area (Å²) in [4.78, 5) is 12.7. The van der Waals surface area contributed by atoms with Gasteiger partial charge < -0.3 is 14.4 Å². The van der Waals surface area contributed by atoms with Gasteiger partial charge in [-0.2, -0.15) is 0 Å². The number of hydrogen-bond donors (Lipinski definition) is 1. The molecule has 6 heteroatoms. The topological polar surface area (TPSA) is 55.8 Å². The van der Waals surface area contributed by atoms with Gasteiger partial charge in [-0.05, 0) is 27.9 Å². The van der Waals surface area contributed by atoms with Crippen molar-refractivity contribution in [2.24, 2.45) is 0 Å². The molecule has 1 aliphatic rings. The van der Waals surface area contributed by atoms with Crippen molar-refractivity contribution in [2.45, 2.75) is 5.60 Å². The Morgan fingerprint density at radius 2 is 1.91 bits per heavy atom. The van der Waals surface area contributed by atoms with Crippen LogP contribution in [0.15, 0.2) is 53.9 Å². The second-order valence-corrected chi connectivity index (χ2v) is 6.29. The highest BCUT2D eigenvalue weighted by Gasteiger charge is 2.55. The number of thiophene rings is 1. The molecule has 4 rings (SSSR count). The predicted octanol–water partition coefficient (Wildman–Crippen LogP) is 2.04.